The van der Waals surface area contributed by atoms with Gasteiger partial charge in [-0.2, -0.15) is 0 Å². The molecule has 0 spiro atoms. The molecule has 152 valence electrons. The van der Waals surface area contributed by atoms with E-state index in [1.54, 1.807) is 18.0 Å². The van der Waals surface area contributed by atoms with Crippen LogP contribution in [-0.2, 0) is 12.3 Å². The summed E-state index contributed by atoms with van der Waals surface area (Å²) in [6.45, 7) is 3.39. The molecular formula is C24H24N4OS. The number of amides is 1. The highest BCUT2D eigenvalue weighted by atomic mass is 32.2. The molecule has 0 atom stereocenters. The Balaban J connectivity index is 1.56. The predicted molar refractivity (Wildman–Crippen MR) is 122 cm³/mol. The number of fused-ring (bicyclic) bond motifs is 1. The van der Waals surface area contributed by atoms with Gasteiger partial charge in [0.05, 0.1) is 6.54 Å². The van der Waals surface area contributed by atoms with Crippen LogP contribution in [0.2, 0.25) is 0 Å². The predicted octanol–water partition coefficient (Wildman–Crippen LogP) is 4.91. The third-order valence-electron chi connectivity index (χ3n) is 4.77. The summed E-state index contributed by atoms with van der Waals surface area (Å²) < 4.78 is 2.15. The molecule has 4 aromatic rings. The van der Waals surface area contributed by atoms with Crippen molar-refractivity contribution in [2.24, 2.45) is 0 Å². The number of hydrogen-bond acceptors (Lipinski definition) is 4. The van der Waals surface area contributed by atoms with E-state index in [4.69, 9.17) is 4.98 Å². The minimum atomic E-state index is -0.0303. The van der Waals surface area contributed by atoms with Crippen LogP contribution in [0.3, 0.4) is 0 Å². The molecule has 2 aromatic heterocycles. The summed E-state index contributed by atoms with van der Waals surface area (Å²) in [5.41, 5.74) is 4.81. The lowest BCUT2D eigenvalue weighted by atomic mass is 10.1. The third kappa shape index (κ3) is 4.71. The number of aromatic nitrogens is 3. The first-order valence-electron chi connectivity index (χ1n) is 10.1. The molecule has 5 nitrogen and oxygen atoms in total. The van der Waals surface area contributed by atoms with Gasteiger partial charge in [0.15, 0.2) is 10.8 Å². The Hall–Kier alpha value is -3.12. The lowest BCUT2D eigenvalue weighted by Crippen LogP contribution is -2.23. The second-order valence-electron chi connectivity index (χ2n) is 7.05. The van der Waals surface area contributed by atoms with Gasteiger partial charge in [-0.1, -0.05) is 61.2 Å². The summed E-state index contributed by atoms with van der Waals surface area (Å²) >= 11 is 1.71. The minimum Gasteiger partial charge on any atom is -0.352 e. The van der Waals surface area contributed by atoms with E-state index in [-0.39, 0.29) is 5.91 Å². The van der Waals surface area contributed by atoms with E-state index in [1.807, 2.05) is 49.4 Å². The van der Waals surface area contributed by atoms with E-state index in [0.29, 0.717) is 18.7 Å². The molecule has 1 N–H and O–H groups in total. The van der Waals surface area contributed by atoms with Crippen LogP contribution in [0, 0.1) is 0 Å². The summed E-state index contributed by atoms with van der Waals surface area (Å²) in [5.74, 6) is 0.818. The monoisotopic (exact) mass is 416 g/mol. The lowest BCUT2D eigenvalue weighted by Gasteiger charge is -2.10. The maximum Gasteiger partial charge on any atom is 0.251 e. The van der Waals surface area contributed by atoms with E-state index in [1.165, 1.54) is 5.56 Å². The fraction of sp³-hybridized carbons (Fsp3) is 0.208. The second-order valence-corrected chi connectivity index (χ2v) is 8.00. The highest BCUT2D eigenvalue weighted by molar-refractivity contribution is 7.98. The van der Waals surface area contributed by atoms with Gasteiger partial charge in [0.1, 0.15) is 5.52 Å². The zero-order chi connectivity index (χ0) is 20.8. The number of carbonyl (C=O) groups is 1. The Bertz CT molecular complexity index is 1120. The van der Waals surface area contributed by atoms with Gasteiger partial charge < -0.3 is 5.32 Å². The number of rotatable bonds is 8. The van der Waals surface area contributed by atoms with E-state index in [2.05, 4.69) is 39.1 Å². The van der Waals surface area contributed by atoms with Crippen LogP contribution < -0.4 is 5.32 Å². The first-order chi connectivity index (χ1) is 14.7. The summed E-state index contributed by atoms with van der Waals surface area (Å²) in [5, 5.41) is 3.85. The van der Waals surface area contributed by atoms with Crippen LogP contribution in [0.5, 0.6) is 0 Å². The first kappa shape index (κ1) is 20.2. The fourth-order valence-electron chi connectivity index (χ4n) is 3.20. The van der Waals surface area contributed by atoms with E-state index < -0.39 is 0 Å². The molecule has 4 rings (SSSR count). The zero-order valence-electron chi connectivity index (χ0n) is 16.9. The van der Waals surface area contributed by atoms with Crippen molar-refractivity contribution in [2.75, 3.05) is 6.54 Å². The Labute approximate surface area is 180 Å². The number of thioether (sulfide) groups is 1. The quantitative estimate of drug-likeness (QED) is 0.415. The summed E-state index contributed by atoms with van der Waals surface area (Å²) in [4.78, 5) is 21.5. The zero-order valence-corrected chi connectivity index (χ0v) is 17.7. The number of pyridine rings is 1. The molecule has 0 aliphatic carbocycles. The second kappa shape index (κ2) is 9.59. The van der Waals surface area contributed by atoms with Crippen LogP contribution >= 0.6 is 11.8 Å². The summed E-state index contributed by atoms with van der Waals surface area (Å²) in [7, 11) is 0. The smallest absolute Gasteiger partial charge is 0.251 e. The number of benzene rings is 2. The largest absolute Gasteiger partial charge is 0.352 e. The SMILES string of the molecule is CCCNC(=O)c1ccc(Cn2c(SCc3ccccc3)nc3cccnc32)cc1. The van der Waals surface area contributed by atoms with Gasteiger partial charge in [-0.3, -0.25) is 9.36 Å². The maximum absolute atomic E-state index is 12.1. The van der Waals surface area contributed by atoms with E-state index >= 15 is 0 Å². The van der Waals surface area contributed by atoms with Crippen LogP contribution in [-0.4, -0.2) is 27.0 Å². The van der Waals surface area contributed by atoms with Crippen molar-refractivity contribution >= 4 is 28.8 Å². The van der Waals surface area contributed by atoms with Crippen molar-refractivity contribution in [1.29, 1.82) is 0 Å². The van der Waals surface area contributed by atoms with Gasteiger partial charge in [-0.05, 0) is 41.8 Å². The van der Waals surface area contributed by atoms with Crippen LogP contribution in [0.1, 0.15) is 34.8 Å². The van der Waals surface area contributed by atoms with Crippen LogP contribution in [0.25, 0.3) is 11.2 Å². The van der Waals surface area contributed by atoms with E-state index in [9.17, 15) is 4.79 Å². The average Bonchev–Trinajstić information content (AvgIpc) is 3.14. The fourth-order valence-corrected chi connectivity index (χ4v) is 4.16. The Morgan fingerprint density at radius 3 is 2.57 bits per heavy atom. The van der Waals surface area contributed by atoms with Gasteiger partial charge in [-0.15, -0.1) is 0 Å². The maximum atomic E-state index is 12.1. The molecule has 0 fully saturated rings. The van der Waals surface area contributed by atoms with Gasteiger partial charge in [0.2, 0.25) is 0 Å². The van der Waals surface area contributed by atoms with Gasteiger partial charge >= 0.3 is 0 Å². The normalized spacial score (nSPS) is 11.0. The molecule has 0 radical (unpaired) electrons. The van der Waals surface area contributed by atoms with Crippen molar-refractivity contribution in [1.82, 2.24) is 19.9 Å². The number of carbonyl (C=O) groups excluding carboxylic acids is 1. The van der Waals surface area contributed by atoms with Gasteiger partial charge in [0, 0.05) is 24.1 Å². The highest BCUT2D eigenvalue weighted by Crippen LogP contribution is 2.26. The third-order valence-corrected chi connectivity index (χ3v) is 5.82. The molecule has 1 amide bonds. The van der Waals surface area contributed by atoms with Crippen molar-refractivity contribution in [3.63, 3.8) is 0 Å². The number of hydrogen-bond donors (Lipinski definition) is 1. The highest BCUT2D eigenvalue weighted by Gasteiger charge is 2.13. The molecule has 2 heterocycles. The Morgan fingerprint density at radius 1 is 1.00 bits per heavy atom. The summed E-state index contributed by atoms with van der Waals surface area (Å²) in [6, 6.07) is 22.1. The lowest BCUT2D eigenvalue weighted by molar-refractivity contribution is 0.0953. The topological polar surface area (TPSA) is 59.8 Å². The van der Waals surface area contributed by atoms with Gasteiger partial charge in [-0.25, -0.2) is 9.97 Å². The van der Waals surface area contributed by atoms with Crippen molar-refractivity contribution in [3.05, 3.63) is 89.6 Å². The van der Waals surface area contributed by atoms with Gasteiger partial charge in [0.25, 0.3) is 5.91 Å². The van der Waals surface area contributed by atoms with Crippen molar-refractivity contribution in [2.45, 2.75) is 30.8 Å². The molecule has 0 saturated heterocycles. The number of imidazole rings is 1. The molecule has 0 aliphatic rings. The molecule has 6 heteroatoms. The summed E-state index contributed by atoms with van der Waals surface area (Å²) in [6.07, 6.45) is 2.72. The minimum absolute atomic E-state index is 0.0303. The van der Waals surface area contributed by atoms with E-state index in [0.717, 1.165) is 34.1 Å². The Kier molecular flexibility index (Phi) is 6.44. The molecular weight excluding hydrogens is 392 g/mol. The molecule has 2 aromatic carbocycles. The number of nitrogens with zero attached hydrogens (tertiary/aromatic N) is 3. The molecule has 0 saturated carbocycles. The van der Waals surface area contributed by atoms with Crippen LogP contribution in [0.4, 0.5) is 0 Å². The molecule has 0 bridgehead atoms. The number of nitrogens with one attached hydrogen (secondary N) is 1. The molecule has 0 unspecified atom stereocenters. The Morgan fingerprint density at radius 2 is 1.80 bits per heavy atom. The van der Waals surface area contributed by atoms with Crippen LogP contribution in [0.15, 0.2) is 78.1 Å². The standard InChI is InChI=1S/C24H24N4OS/c1-2-14-26-23(29)20-12-10-18(11-13-20)16-28-22-21(9-6-15-25-22)27-24(28)30-17-19-7-4-3-5-8-19/h3-13,15H,2,14,16-17H2,1H3,(H,26,29). The molecule has 0 aliphatic heterocycles. The van der Waals surface area contributed by atoms with Crippen molar-refractivity contribution in [3.8, 4) is 0 Å². The first-order valence-corrected chi connectivity index (χ1v) is 11.1. The van der Waals surface area contributed by atoms with Crippen molar-refractivity contribution < 1.29 is 4.79 Å². The molecule has 30 heavy (non-hydrogen) atoms. The average molecular weight is 417 g/mol.